The third-order valence-electron chi connectivity index (χ3n) is 2.55. The van der Waals surface area contributed by atoms with Crippen molar-refractivity contribution in [1.29, 1.82) is 0 Å². The Balaban J connectivity index is 0.00000289. The number of hydrogen-bond donors (Lipinski definition) is 2. The maximum atomic E-state index is 12.0. The Morgan fingerprint density at radius 3 is 2.61 bits per heavy atom. The smallest absolute Gasteiger partial charge is 0.252 e. The molecule has 1 unspecified atom stereocenters. The lowest BCUT2D eigenvalue weighted by Gasteiger charge is -2.31. The van der Waals surface area contributed by atoms with Gasteiger partial charge in [-0.15, -0.1) is 23.7 Å². The van der Waals surface area contributed by atoms with Gasteiger partial charge in [0.1, 0.15) is 0 Å². The van der Waals surface area contributed by atoms with Crippen molar-refractivity contribution >= 4 is 45.6 Å². The van der Waals surface area contributed by atoms with Crippen molar-refractivity contribution in [2.24, 2.45) is 11.7 Å². The van der Waals surface area contributed by atoms with Crippen molar-refractivity contribution < 1.29 is 4.79 Å². The van der Waals surface area contributed by atoms with Gasteiger partial charge in [-0.25, -0.2) is 0 Å². The molecule has 6 heteroatoms. The second kappa shape index (κ2) is 7.48. The number of carbonyl (C=O) groups excluding carboxylic acids is 1. The second-order valence-electron chi connectivity index (χ2n) is 4.96. The predicted octanol–water partition coefficient (Wildman–Crippen LogP) is 3.43. The monoisotopic (exact) mass is 354 g/mol. The van der Waals surface area contributed by atoms with Crippen molar-refractivity contribution in [2.45, 2.75) is 32.7 Å². The molecule has 0 aliphatic carbocycles. The highest BCUT2D eigenvalue weighted by Crippen LogP contribution is 2.22. The van der Waals surface area contributed by atoms with Gasteiger partial charge >= 0.3 is 0 Å². The van der Waals surface area contributed by atoms with E-state index in [4.69, 9.17) is 5.73 Å². The fourth-order valence-corrected chi connectivity index (χ4v) is 3.00. The van der Waals surface area contributed by atoms with Crippen LogP contribution < -0.4 is 11.1 Å². The van der Waals surface area contributed by atoms with E-state index in [-0.39, 0.29) is 23.9 Å². The zero-order valence-electron chi connectivity index (χ0n) is 10.8. The van der Waals surface area contributed by atoms with Crippen molar-refractivity contribution in [3.63, 3.8) is 0 Å². The van der Waals surface area contributed by atoms with Crippen molar-refractivity contribution in [3.05, 3.63) is 20.8 Å². The number of amides is 1. The van der Waals surface area contributed by atoms with E-state index in [1.807, 2.05) is 18.4 Å². The summed E-state index contributed by atoms with van der Waals surface area (Å²) in [6.45, 7) is 6.69. The summed E-state index contributed by atoms with van der Waals surface area (Å²) in [4.78, 5) is 12.0. The van der Waals surface area contributed by atoms with Crippen molar-refractivity contribution in [2.75, 3.05) is 6.54 Å². The quantitative estimate of drug-likeness (QED) is 0.850. The van der Waals surface area contributed by atoms with Crippen LogP contribution in [0.2, 0.25) is 0 Å². The molecular weight excluding hydrogens is 336 g/mol. The molecule has 0 bridgehead atoms. The van der Waals surface area contributed by atoms with Crippen LogP contribution in [0.25, 0.3) is 0 Å². The number of carbonyl (C=O) groups is 1. The van der Waals surface area contributed by atoms with E-state index in [2.05, 4.69) is 35.1 Å². The highest BCUT2D eigenvalue weighted by molar-refractivity contribution is 9.11. The first-order chi connectivity index (χ1) is 7.86. The van der Waals surface area contributed by atoms with E-state index in [0.29, 0.717) is 18.0 Å². The van der Waals surface area contributed by atoms with Gasteiger partial charge in [-0.2, -0.15) is 0 Å². The predicted molar refractivity (Wildman–Crippen MR) is 83.6 cm³/mol. The Kier molecular flexibility index (Phi) is 7.44. The molecule has 1 aromatic rings. The molecule has 0 saturated carbocycles. The number of hydrogen-bond acceptors (Lipinski definition) is 3. The topological polar surface area (TPSA) is 55.1 Å². The minimum atomic E-state index is -0.334. The number of nitrogens with two attached hydrogens (primary N) is 1. The maximum absolute atomic E-state index is 12.0. The van der Waals surface area contributed by atoms with Gasteiger partial charge in [-0.05, 0) is 41.3 Å². The molecule has 0 saturated heterocycles. The molecule has 0 radical (unpaired) electrons. The molecule has 104 valence electrons. The number of nitrogens with one attached hydrogen (secondary N) is 1. The fourth-order valence-electron chi connectivity index (χ4n) is 1.86. The van der Waals surface area contributed by atoms with Crippen LogP contribution in [-0.4, -0.2) is 18.0 Å². The molecule has 0 aliphatic heterocycles. The summed E-state index contributed by atoms with van der Waals surface area (Å²) >= 11 is 4.86. The summed E-state index contributed by atoms with van der Waals surface area (Å²) in [6.07, 6.45) is 0.876. The first-order valence-electron chi connectivity index (χ1n) is 5.63. The summed E-state index contributed by atoms with van der Waals surface area (Å²) < 4.78 is 0.959. The normalized spacial score (nSPS) is 13.9. The van der Waals surface area contributed by atoms with Gasteiger partial charge < -0.3 is 11.1 Å². The average Bonchev–Trinajstić information content (AvgIpc) is 2.63. The van der Waals surface area contributed by atoms with Crippen LogP contribution in [-0.2, 0) is 0 Å². The van der Waals surface area contributed by atoms with E-state index in [0.717, 1.165) is 10.2 Å². The number of rotatable bonds is 5. The van der Waals surface area contributed by atoms with Crippen LogP contribution in [0.15, 0.2) is 15.2 Å². The van der Waals surface area contributed by atoms with Crippen LogP contribution in [0.4, 0.5) is 0 Å². The molecule has 18 heavy (non-hydrogen) atoms. The molecule has 0 aliphatic rings. The van der Waals surface area contributed by atoms with Crippen LogP contribution in [0.1, 0.15) is 37.6 Å². The molecule has 0 aromatic carbocycles. The molecule has 1 aromatic heterocycles. The van der Waals surface area contributed by atoms with Crippen molar-refractivity contribution in [3.8, 4) is 0 Å². The highest BCUT2D eigenvalue weighted by atomic mass is 79.9. The zero-order valence-corrected chi connectivity index (χ0v) is 14.0. The van der Waals surface area contributed by atoms with Gasteiger partial charge in [0.2, 0.25) is 0 Å². The van der Waals surface area contributed by atoms with Gasteiger partial charge in [0.15, 0.2) is 0 Å². The Morgan fingerprint density at radius 2 is 2.22 bits per heavy atom. The Morgan fingerprint density at radius 1 is 1.61 bits per heavy atom. The molecule has 1 rings (SSSR count). The molecule has 3 N–H and O–H groups in total. The molecule has 1 amide bonds. The Labute approximate surface area is 127 Å². The van der Waals surface area contributed by atoms with E-state index in [1.165, 1.54) is 11.3 Å². The standard InChI is InChI=1S/C12H19BrN2OS.ClH/c1-8(2)5-12(3,7-14)15-11(16)9-4-10(13)17-6-9;/h4,6,8H,5,7,14H2,1-3H3,(H,15,16);1H. The minimum Gasteiger partial charge on any atom is -0.346 e. The van der Waals surface area contributed by atoms with E-state index >= 15 is 0 Å². The SMILES string of the molecule is CC(C)CC(C)(CN)NC(=O)c1csc(Br)c1.Cl. The van der Waals surface area contributed by atoms with Crippen LogP contribution in [0, 0.1) is 5.92 Å². The summed E-state index contributed by atoms with van der Waals surface area (Å²) in [6, 6.07) is 1.83. The first-order valence-corrected chi connectivity index (χ1v) is 7.30. The van der Waals surface area contributed by atoms with Crippen LogP contribution >= 0.6 is 39.7 Å². The van der Waals surface area contributed by atoms with E-state index in [1.54, 1.807) is 0 Å². The fraction of sp³-hybridized carbons (Fsp3) is 0.583. The van der Waals surface area contributed by atoms with Crippen LogP contribution in [0.3, 0.4) is 0 Å². The summed E-state index contributed by atoms with van der Waals surface area (Å²) in [5, 5.41) is 4.86. The Bertz CT molecular complexity index is 397. The summed E-state index contributed by atoms with van der Waals surface area (Å²) in [5.41, 5.74) is 6.12. The third kappa shape index (κ3) is 5.26. The zero-order chi connectivity index (χ0) is 13.1. The maximum Gasteiger partial charge on any atom is 0.252 e. The van der Waals surface area contributed by atoms with E-state index < -0.39 is 0 Å². The lowest BCUT2D eigenvalue weighted by atomic mass is 9.90. The van der Waals surface area contributed by atoms with Gasteiger partial charge in [-0.3, -0.25) is 4.79 Å². The molecule has 0 fully saturated rings. The minimum absolute atomic E-state index is 0. The highest BCUT2D eigenvalue weighted by Gasteiger charge is 2.26. The molecule has 3 nitrogen and oxygen atoms in total. The first kappa shape index (κ1) is 17.9. The van der Waals surface area contributed by atoms with E-state index in [9.17, 15) is 4.79 Å². The summed E-state index contributed by atoms with van der Waals surface area (Å²) in [5.74, 6) is 0.443. The van der Waals surface area contributed by atoms with Crippen LogP contribution in [0.5, 0.6) is 0 Å². The summed E-state index contributed by atoms with van der Waals surface area (Å²) in [7, 11) is 0. The van der Waals surface area contributed by atoms with Gasteiger partial charge in [0.25, 0.3) is 5.91 Å². The second-order valence-corrected chi connectivity index (χ2v) is 7.25. The largest absolute Gasteiger partial charge is 0.346 e. The number of thiophene rings is 1. The van der Waals surface area contributed by atoms with Gasteiger partial charge in [-0.1, -0.05) is 13.8 Å². The number of halogens is 2. The molecular formula is C12H20BrClN2OS. The lowest BCUT2D eigenvalue weighted by molar-refractivity contribution is 0.0898. The van der Waals surface area contributed by atoms with Gasteiger partial charge in [0.05, 0.1) is 9.35 Å². The average molecular weight is 356 g/mol. The van der Waals surface area contributed by atoms with Crippen molar-refractivity contribution in [1.82, 2.24) is 5.32 Å². The Hall–Kier alpha value is -0.100. The van der Waals surface area contributed by atoms with Gasteiger partial charge in [0, 0.05) is 17.5 Å². The third-order valence-corrected chi connectivity index (χ3v) is 4.06. The molecule has 0 spiro atoms. The molecule has 1 atom stereocenters. The molecule has 1 heterocycles. The lowest BCUT2D eigenvalue weighted by Crippen LogP contribution is -2.52.